The fourth-order valence-electron chi connectivity index (χ4n) is 4.10. The lowest BCUT2D eigenvalue weighted by Crippen LogP contribution is -2.13. The summed E-state index contributed by atoms with van der Waals surface area (Å²) < 4.78 is 22.3. The number of hydrogen-bond donors (Lipinski definition) is 2. The van der Waals surface area contributed by atoms with E-state index in [0.29, 0.717) is 12.8 Å². The lowest BCUT2D eigenvalue weighted by molar-refractivity contribution is -0.118. The standard InChI is InChI=1S/C26H54NO5P/c1-4-5-6-7-8-9-10-11-12-13-14-15-16-17-20-26(23-25(2)28)24-32-33(29,30)31-22-19-18-21-27-3/h26-27H,4-24H2,1-3H3,(H,29,30). The van der Waals surface area contributed by atoms with Crippen molar-refractivity contribution in [3.05, 3.63) is 0 Å². The third-order valence-corrected chi connectivity index (χ3v) is 7.08. The number of carbonyl (C=O) groups excluding carboxylic acids is 1. The van der Waals surface area contributed by atoms with Gasteiger partial charge in [0, 0.05) is 6.42 Å². The first-order valence-corrected chi connectivity index (χ1v) is 15.2. The zero-order chi connectivity index (χ0) is 24.6. The van der Waals surface area contributed by atoms with Crippen molar-refractivity contribution in [2.45, 2.75) is 129 Å². The van der Waals surface area contributed by atoms with Crippen molar-refractivity contribution in [1.29, 1.82) is 0 Å². The normalized spacial score (nSPS) is 14.3. The van der Waals surface area contributed by atoms with Crippen molar-refractivity contribution in [2.75, 3.05) is 26.8 Å². The molecule has 7 heteroatoms. The molecule has 2 atom stereocenters. The number of phosphoric acid groups is 1. The van der Waals surface area contributed by atoms with Crippen molar-refractivity contribution in [1.82, 2.24) is 5.32 Å². The number of Topliss-reactive ketones (excluding diaryl/α,β-unsaturated/α-hetero) is 1. The summed E-state index contributed by atoms with van der Waals surface area (Å²) in [5.74, 6) is 0.0721. The third kappa shape index (κ3) is 24.7. The van der Waals surface area contributed by atoms with Crippen molar-refractivity contribution >= 4 is 13.6 Å². The molecule has 0 spiro atoms. The van der Waals surface area contributed by atoms with Crippen LogP contribution in [-0.4, -0.2) is 37.5 Å². The molecule has 0 heterocycles. The summed E-state index contributed by atoms with van der Waals surface area (Å²) >= 11 is 0. The summed E-state index contributed by atoms with van der Waals surface area (Å²) in [6.07, 6.45) is 21.2. The molecular weight excluding hydrogens is 437 g/mol. The molecule has 0 amide bonds. The number of hydrogen-bond acceptors (Lipinski definition) is 5. The molecule has 0 aliphatic rings. The average Bonchev–Trinajstić information content (AvgIpc) is 2.77. The van der Waals surface area contributed by atoms with E-state index >= 15 is 0 Å². The molecule has 0 aromatic rings. The molecule has 33 heavy (non-hydrogen) atoms. The highest BCUT2D eigenvalue weighted by Gasteiger charge is 2.23. The molecule has 0 saturated heterocycles. The van der Waals surface area contributed by atoms with Crippen LogP contribution in [0.15, 0.2) is 0 Å². The van der Waals surface area contributed by atoms with E-state index in [1.165, 1.54) is 77.0 Å². The van der Waals surface area contributed by atoms with Crippen LogP contribution < -0.4 is 5.32 Å². The smallest absolute Gasteiger partial charge is 0.320 e. The topological polar surface area (TPSA) is 84.9 Å². The Balaban J connectivity index is 3.78. The van der Waals surface area contributed by atoms with Crippen LogP contribution in [0.4, 0.5) is 0 Å². The van der Waals surface area contributed by atoms with Gasteiger partial charge in [-0.15, -0.1) is 0 Å². The Hall–Kier alpha value is -0.260. The van der Waals surface area contributed by atoms with Gasteiger partial charge in [-0.3, -0.25) is 9.05 Å². The van der Waals surface area contributed by atoms with Gasteiger partial charge in [-0.2, -0.15) is 0 Å². The minimum Gasteiger partial charge on any atom is -0.320 e. The zero-order valence-corrected chi connectivity index (χ0v) is 22.8. The van der Waals surface area contributed by atoms with E-state index in [-0.39, 0.29) is 24.9 Å². The Labute approximate surface area is 204 Å². The monoisotopic (exact) mass is 491 g/mol. The predicted octanol–water partition coefficient (Wildman–Crippen LogP) is 7.59. The Morgan fingerprint density at radius 3 is 1.82 bits per heavy atom. The molecule has 0 rings (SSSR count). The Morgan fingerprint density at radius 2 is 1.33 bits per heavy atom. The van der Waals surface area contributed by atoms with Crippen molar-refractivity contribution in [2.24, 2.45) is 5.92 Å². The molecule has 0 aromatic carbocycles. The van der Waals surface area contributed by atoms with Crippen molar-refractivity contribution < 1.29 is 23.3 Å². The highest BCUT2D eigenvalue weighted by atomic mass is 31.2. The highest BCUT2D eigenvalue weighted by Crippen LogP contribution is 2.44. The van der Waals surface area contributed by atoms with Crippen LogP contribution in [0.2, 0.25) is 0 Å². The summed E-state index contributed by atoms with van der Waals surface area (Å²) in [5.41, 5.74) is 0. The number of rotatable bonds is 26. The molecule has 0 fully saturated rings. The number of unbranched alkanes of at least 4 members (excludes halogenated alkanes) is 14. The van der Waals surface area contributed by atoms with Gasteiger partial charge in [0.1, 0.15) is 5.78 Å². The van der Waals surface area contributed by atoms with Gasteiger partial charge in [0.25, 0.3) is 0 Å². The van der Waals surface area contributed by atoms with Crippen LogP contribution in [-0.2, 0) is 18.4 Å². The molecule has 0 aromatic heterocycles. The van der Waals surface area contributed by atoms with Crippen molar-refractivity contribution in [3.63, 3.8) is 0 Å². The first kappa shape index (κ1) is 32.7. The molecule has 198 valence electrons. The molecule has 0 aliphatic carbocycles. The van der Waals surface area contributed by atoms with Gasteiger partial charge >= 0.3 is 7.82 Å². The summed E-state index contributed by atoms with van der Waals surface area (Å²) in [4.78, 5) is 21.4. The Morgan fingerprint density at radius 1 is 0.818 bits per heavy atom. The molecule has 0 saturated carbocycles. The number of carbonyl (C=O) groups is 1. The van der Waals surface area contributed by atoms with E-state index in [2.05, 4.69) is 12.2 Å². The second-order valence-corrected chi connectivity index (χ2v) is 11.0. The van der Waals surface area contributed by atoms with Gasteiger partial charge < -0.3 is 15.0 Å². The predicted molar refractivity (Wildman–Crippen MR) is 139 cm³/mol. The molecule has 2 N–H and O–H groups in total. The van der Waals surface area contributed by atoms with E-state index < -0.39 is 7.82 Å². The van der Waals surface area contributed by atoms with Crippen LogP contribution in [0.5, 0.6) is 0 Å². The van der Waals surface area contributed by atoms with Crippen LogP contribution in [0, 0.1) is 5.92 Å². The summed E-state index contributed by atoms with van der Waals surface area (Å²) in [6.45, 7) is 4.98. The van der Waals surface area contributed by atoms with Gasteiger partial charge in [-0.25, -0.2) is 4.57 Å². The zero-order valence-electron chi connectivity index (χ0n) is 22.0. The van der Waals surface area contributed by atoms with Gasteiger partial charge in [-0.05, 0) is 45.7 Å². The maximum atomic E-state index is 12.0. The second-order valence-electron chi connectivity index (χ2n) is 9.57. The lowest BCUT2D eigenvalue weighted by Gasteiger charge is -2.18. The van der Waals surface area contributed by atoms with Gasteiger partial charge in [0.15, 0.2) is 0 Å². The van der Waals surface area contributed by atoms with E-state index in [0.717, 1.165) is 32.2 Å². The van der Waals surface area contributed by atoms with E-state index in [4.69, 9.17) is 9.05 Å². The maximum absolute atomic E-state index is 12.0. The van der Waals surface area contributed by atoms with Crippen molar-refractivity contribution in [3.8, 4) is 0 Å². The number of phosphoric ester groups is 1. The van der Waals surface area contributed by atoms with Crippen LogP contribution in [0.3, 0.4) is 0 Å². The minimum atomic E-state index is -4.04. The van der Waals surface area contributed by atoms with Crippen LogP contribution in [0.1, 0.15) is 129 Å². The largest absolute Gasteiger partial charge is 0.472 e. The Kier molecular flexibility index (Phi) is 23.3. The first-order valence-electron chi connectivity index (χ1n) is 13.7. The van der Waals surface area contributed by atoms with Gasteiger partial charge in [-0.1, -0.05) is 96.8 Å². The molecular formula is C26H54NO5P. The molecule has 0 aliphatic heterocycles. The van der Waals surface area contributed by atoms with Gasteiger partial charge in [0.05, 0.1) is 13.2 Å². The fourth-order valence-corrected chi connectivity index (χ4v) is 4.93. The molecule has 2 unspecified atom stereocenters. The second kappa shape index (κ2) is 23.5. The molecule has 0 bridgehead atoms. The van der Waals surface area contributed by atoms with E-state index in [1.54, 1.807) is 6.92 Å². The summed E-state index contributed by atoms with van der Waals surface area (Å²) in [7, 11) is -2.17. The third-order valence-electron chi connectivity index (χ3n) is 6.09. The minimum absolute atomic E-state index is 0.0202. The quantitative estimate of drug-likeness (QED) is 0.0958. The Bertz CT molecular complexity index is 489. The molecule has 6 nitrogen and oxygen atoms in total. The lowest BCUT2D eigenvalue weighted by atomic mass is 9.96. The number of ketones is 1. The molecule has 0 radical (unpaired) electrons. The van der Waals surface area contributed by atoms with E-state index in [1.807, 2.05) is 7.05 Å². The number of nitrogens with one attached hydrogen (secondary N) is 1. The van der Waals surface area contributed by atoms with E-state index in [9.17, 15) is 14.3 Å². The first-order chi connectivity index (χ1) is 15.9. The van der Waals surface area contributed by atoms with Crippen LogP contribution in [0.25, 0.3) is 0 Å². The summed E-state index contributed by atoms with van der Waals surface area (Å²) in [6, 6.07) is 0. The van der Waals surface area contributed by atoms with Gasteiger partial charge in [0.2, 0.25) is 0 Å². The average molecular weight is 492 g/mol. The van der Waals surface area contributed by atoms with Crippen LogP contribution >= 0.6 is 7.82 Å². The SMILES string of the molecule is CCCCCCCCCCCCCCCCC(COP(=O)(O)OCCCCNC)CC(C)=O. The highest BCUT2D eigenvalue weighted by molar-refractivity contribution is 7.47. The maximum Gasteiger partial charge on any atom is 0.472 e. The summed E-state index contributed by atoms with van der Waals surface area (Å²) in [5, 5.41) is 3.03. The fraction of sp³-hybridized carbons (Fsp3) is 0.962.